The second kappa shape index (κ2) is 18.6. The lowest BCUT2D eigenvalue weighted by Gasteiger charge is -2.35. The molecule has 7 aromatic rings. The van der Waals surface area contributed by atoms with Crippen LogP contribution in [-0.2, 0) is 10.8 Å². The minimum Gasteiger partial charge on any atom is -0.507 e. The molecule has 2 N–H and O–H groups in total. The third-order valence-electron chi connectivity index (χ3n) is 15.1. The van der Waals surface area contributed by atoms with Crippen LogP contribution in [0.1, 0.15) is 137 Å². The number of imide groups is 1. The van der Waals surface area contributed by atoms with Gasteiger partial charge < -0.3 is 19.7 Å². The number of anilines is 1. The summed E-state index contributed by atoms with van der Waals surface area (Å²) in [6.07, 6.45) is 4.08. The fraction of sp³-hybridized carbons (Fsp3) is 0.288. The van der Waals surface area contributed by atoms with Gasteiger partial charge >= 0.3 is 0 Å². The van der Waals surface area contributed by atoms with Gasteiger partial charge in [-0.05, 0) is 149 Å². The maximum Gasteiger partial charge on any atom is 0.266 e. The van der Waals surface area contributed by atoms with Gasteiger partial charge in [0.15, 0.2) is 0 Å². The topological polar surface area (TPSA) is 96.3 Å². The molecule has 0 radical (unpaired) electrons. The molecule has 67 heavy (non-hydrogen) atoms. The minimum absolute atomic E-state index is 0.0225. The summed E-state index contributed by atoms with van der Waals surface area (Å²) in [5.74, 6) is 1.89. The fourth-order valence-electron chi connectivity index (χ4n) is 9.24. The van der Waals surface area contributed by atoms with E-state index in [1.807, 2.05) is 72.8 Å². The highest BCUT2D eigenvalue weighted by Crippen LogP contribution is 2.49. The van der Waals surface area contributed by atoms with Gasteiger partial charge in [-0.25, -0.2) is 4.90 Å². The molecule has 0 saturated carbocycles. The zero-order valence-electron chi connectivity index (χ0n) is 40.1. The first-order valence-corrected chi connectivity index (χ1v) is 24.3. The minimum atomic E-state index is -0.382. The van der Waals surface area contributed by atoms with Crippen molar-refractivity contribution >= 4 is 40.0 Å². The highest BCUT2D eigenvalue weighted by molar-refractivity contribution is 7.99. The van der Waals surface area contributed by atoms with Crippen molar-refractivity contribution in [2.75, 3.05) is 4.90 Å². The largest absolute Gasteiger partial charge is 0.507 e. The third kappa shape index (κ3) is 9.04. The molecule has 0 aromatic heterocycles. The summed E-state index contributed by atoms with van der Waals surface area (Å²) in [6, 6.07) is 44.3. The SMILES string of the molecule is CCC(C)(CC)c1ccc(Sc2ccc(N3C(=O)c4ccc(Oc5ccc(C(C)(C)c6ccc(Oc7ccc8c(O)cc(C(C)C(C)(CC)CC)c(O)c8c7)cc6)cc5)cc4C3=O)cc2)cc1. The number of carbonyl (C=O) groups excluding carboxylic acids is 2. The molecular formula is C59H61NO6S. The molecule has 8 heteroatoms. The summed E-state index contributed by atoms with van der Waals surface area (Å²) < 4.78 is 12.5. The van der Waals surface area contributed by atoms with Crippen LogP contribution >= 0.6 is 11.8 Å². The van der Waals surface area contributed by atoms with Crippen LogP contribution in [0, 0.1) is 5.41 Å². The molecule has 1 aliphatic rings. The van der Waals surface area contributed by atoms with E-state index < -0.39 is 0 Å². The van der Waals surface area contributed by atoms with Crippen LogP contribution in [-0.4, -0.2) is 22.0 Å². The molecule has 8 rings (SSSR count). The second-order valence-corrected chi connectivity index (χ2v) is 20.2. The molecule has 1 heterocycles. The Balaban J connectivity index is 0.907. The Labute approximate surface area is 399 Å². The van der Waals surface area contributed by atoms with Gasteiger partial charge in [0.25, 0.3) is 11.8 Å². The highest BCUT2D eigenvalue weighted by Gasteiger charge is 2.37. The van der Waals surface area contributed by atoms with Crippen LogP contribution in [0.5, 0.6) is 34.5 Å². The van der Waals surface area contributed by atoms with E-state index in [-0.39, 0.29) is 45.5 Å². The van der Waals surface area contributed by atoms with E-state index in [1.54, 1.807) is 54.2 Å². The molecule has 7 nitrogen and oxygen atoms in total. The lowest BCUT2D eigenvalue weighted by Crippen LogP contribution is -2.29. The average Bonchev–Trinajstić information content (AvgIpc) is 3.60. The second-order valence-electron chi connectivity index (χ2n) is 19.0. The quantitative estimate of drug-likeness (QED) is 0.0736. The van der Waals surface area contributed by atoms with Crippen molar-refractivity contribution < 1.29 is 29.3 Å². The van der Waals surface area contributed by atoms with Crippen LogP contribution < -0.4 is 14.4 Å². The van der Waals surface area contributed by atoms with Gasteiger partial charge in [0, 0.05) is 31.5 Å². The number of aromatic hydroxyl groups is 2. The Morgan fingerprint density at radius 2 is 1.01 bits per heavy atom. The van der Waals surface area contributed by atoms with Crippen molar-refractivity contribution in [1.29, 1.82) is 0 Å². The molecule has 1 unspecified atom stereocenters. The molecule has 0 bridgehead atoms. The zero-order chi connectivity index (χ0) is 47.8. The van der Waals surface area contributed by atoms with Crippen molar-refractivity contribution in [3.63, 3.8) is 0 Å². The smallest absolute Gasteiger partial charge is 0.266 e. The molecule has 1 aliphatic heterocycles. The van der Waals surface area contributed by atoms with E-state index in [9.17, 15) is 19.8 Å². The summed E-state index contributed by atoms with van der Waals surface area (Å²) in [4.78, 5) is 30.6. The summed E-state index contributed by atoms with van der Waals surface area (Å²) in [5.41, 5.74) is 5.20. The maximum absolute atomic E-state index is 13.7. The molecule has 0 fully saturated rings. The van der Waals surface area contributed by atoms with Crippen LogP contribution in [0.25, 0.3) is 10.8 Å². The number of hydrogen-bond acceptors (Lipinski definition) is 7. The van der Waals surface area contributed by atoms with E-state index >= 15 is 0 Å². The van der Waals surface area contributed by atoms with E-state index in [1.165, 1.54) is 10.5 Å². The molecule has 0 aliphatic carbocycles. The number of phenols is 2. The molecule has 0 saturated heterocycles. The predicted molar refractivity (Wildman–Crippen MR) is 272 cm³/mol. The Morgan fingerprint density at radius 3 is 1.55 bits per heavy atom. The Morgan fingerprint density at radius 1 is 0.537 bits per heavy atom. The first-order chi connectivity index (χ1) is 32.0. The Kier molecular flexibility index (Phi) is 13.1. The van der Waals surface area contributed by atoms with Gasteiger partial charge in [-0.1, -0.05) is 123 Å². The van der Waals surface area contributed by atoms with Crippen LogP contribution in [0.15, 0.2) is 149 Å². The zero-order valence-corrected chi connectivity index (χ0v) is 40.9. The fourth-order valence-corrected chi connectivity index (χ4v) is 10.1. The van der Waals surface area contributed by atoms with Gasteiger partial charge in [0.1, 0.15) is 34.5 Å². The lowest BCUT2D eigenvalue weighted by molar-refractivity contribution is 0.0926. The van der Waals surface area contributed by atoms with Crippen molar-refractivity contribution in [2.24, 2.45) is 5.41 Å². The Hall–Kier alpha value is -6.51. The normalized spacial score (nSPS) is 13.5. The van der Waals surface area contributed by atoms with Gasteiger partial charge in [0.2, 0.25) is 0 Å². The molecule has 7 aromatic carbocycles. The Bertz CT molecular complexity index is 2930. The summed E-state index contributed by atoms with van der Waals surface area (Å²) in [7, 11) is 0. The number of hydrogen-bond donors (Lipinski definition) is 2. The van der Waals surface area contributed by atoms with Crippen LogP contribution in [0.2, 0.25) is 0 Å². The van der Waals surface area contributed by atoms with Crippen molar-refractivity contribution in [3.05, 3.63) is 173 Å². The lowest BCUT2D eigenvalue weighted by atomic mass is 9.70. The van der Waals surface area contributed by atoms with E-state index in [2.05, 4.69) is 86.6 Å². The van der Waals surface area contributed by atoms with Crippen molar-refractivity contribution in [2.45, 2.75) is 115 Å². The summed E-state index contributed by atoms with van der Waals surface area (Å²) in [6.45, 7) is 19.8. The summed E-state index contributed by atoms with van der Waals surface area (Å²) >= 11 is 1.65. The molecule has 1 atom stereocenters. The number of carbonyl (C=O) groups is 2. The highest BCUT2D eigenvalue weighted by atomic mass is 32.2. The average molecular weight is 912 g/mol. The molecule has 0 spiro atoms. The van der Waals surface area contributed by atoms with E-state index in [4.69, 9.17) is 9.47 Å². The predicted octanol–water partition coefficient (Wildman–Crippen LogP) is 16.1. The number of phenolic OH excluding ortho intramolecular Hbond substituents is 2. The van der Waals surface area contributed by atoms with Crippen molar-refractivity contribution in [1.82, 2.24) is 0 Å². The number of rotatable bonds is 16. The number of fused-ring (bicyclic) bond motifs is 2. The standard InChI is InChI=1S/C59H61NO6S/c1-10-58(8,11-2)37(5)50-36-53(61)48-32-26-44(34-51(48)54(50)62)65-42-22-14-38(15-23-42)57(6,7)39-16-24-43(25-17-39)66-45-27-33-49-52(35-45)56(64)60(55(49)63)41-20-30-47(31-21-41)67-46-28-18-40(19-29-46)59(9,12-3)13-4/h14-37,61-62H,10-13H2,1-9H3. The molecule has 2 amide bonds. The van der Waals surface area contributed by atoms with E-state index in [0.29, 0.717) is 50.6 Å². The number of amides is 2. The van der Waals surface area contributed by atoms with Crippen molar-refractivity contribution in [3.8, 4) is 34.5 Å². The van der Waals surface area contributed by atoms with Gasteiger partial charge in [-0.15, -0.1) is 0 Å². The first kappa shape index (κ1) is 47.0. The maximum atomic E-state index is 13.7. The number of benzene rings is 7. The summed E-state index contributed by atoms with van der Waals surface area (Å²) in [5, 5.41) is 23.6. The monoisotopic (exact) mass is 911 g/mol. The number of ether oxygens (including phenoxy) is 2. The molecule has 344 valence electrons. The van der Waals surface area contributed by atoms with Crippen LogP contribution in [0.4, 0.5) is 5.69 Å². The van der Waals surface area contributed by atoms with Gasteiger partial charge in [-0.2, -0.15) is 0 Å². The van der Waals surface area contributed by atoms with E-state index in [0.717, 1.165) is 52.2 Å². The number of nitrogens with zero attached hydrogens (tertiary/aromatic N) is 1. The van der Waals surface area contributed by atoms with Gasteiger partial charge in [-0.3, -0.25) is 9.59 Å². The third-order valence-corrected chi connectivity index (χ3v) is 16.2. The first-order valence-electron chi connectivity index (χ1n) is 23.5. The molecular weight excluding hydrogens is 851 g/mol. The van der Waals surface area contributed by atoms with Crippen LogP contribution in [0.3, 0.4) is 0 Å². The van der Waals surface area contributed by atoms with Gasteiger partial charge in [0.05, 0.1) is 16.8 Å².